The summed E-state index contributed by atoms with van der Waals surface area (Å²) in [5, 5.41) is 0. The lowest BCUT2D eigenvalue weighted by molar-refractivity contribution is 0.229. The predicted molar refractivity (Wildman–Crippen MR) is 82.2 cm³/mol. The first-order chi connectivity index (χ1) is 8.27. The Morgan fingerprint density at radius 3 is 1.94 bits per heavy atom. The molecule has 0 aliphatic heterocycles. The first-order valence-electron chi connectivity index (χ1n) is 7.37. The zero-order valence-corrected chi connectivity index (χ0v) is 13.4. The molecule has 0 radical (unpaired) electrons. The third-order valence-corrected chi connectivity index (χ3v) is 4.75. The minimum atomic E-state index is 0.433. The molecule has 0 saturated heterocycles. The van der Waals surface area contributed by atoms with Gasteiger partial charge in [-0.2, -0.15) is 0 Å². The van der Waals surface area contributed by atoms with Crippen LogP contribution in [0.5, 0.6) is 0 Å². The van der Waals surface area contributed by atoms with Crippen molar-refractivity contribution >= 4 is 0 Å². The van der Waals surface area contributed by atoms with Crippen LogP contribution >= 0.6 is 0 Å². The van der Waals surface area contributed by atoms with Crippen LogP contribution in [0.4, 0.5) is 0 Å². The van der Waals surface area contributed by atoms with Gasteiger partial charge in [0.05, 0.1) is 0 Å². The highest BCUT2D eigenvalue weighted by Gasteiger charge is 2.22. The van der Waals surface area contributed by atoms with Gasteiger partial charge in [0.2, 0.25) is 0 Å². The highest BCUT2D eigenvalue weighted by molar-refractivity contribution is 5.38. The standard InChI is InChI=1S/C18H30/c1-8-16-11-14(4)17(15(5)12-16)9-10-18(6,7)13(2)3/h11-13H,8-10H2,1-7H3. The third-order valence-electron chi connectivity index (χ3n) is 4.75. The summed E-state index contributed by atoms with van der Waals surface area (Å²) in [7, 11) is 0. The van der Waals surface area contributed by atoms with Crippen LogP contribution in [0, 0.1) is 25.2 Å². The van der Waals surface area contributed by atoms with E-state index in [1.807, 2.05) is 0 Å². The van der Waals surface area contributed by atoms with Crippen LogP contribution in [0.2, 0.25) is 0 Å². The molecule has 1 aromatic carbocycles. The second kappa shape index (κ2) is 5.91. The average Bonchev–Trinajstić information content (AvgIpc) is 2.27. The summed E-state index contributed by atoms with van der Waals surface area (Å²) in [6.45, 7) is 16.2. The first kappa shape index (κ1) is 15.3. The fourth-order valence-electron chi connectivity index (χ4n) is 2.42. The Balaban J connectivity index is 2.86. The minimum Gasteiger partial charge on any atom is -0.0623 e. The fraction of sp³-hybridized carbons (Fsp3) is 0.667. The predicted octanol–water partition coefficient (Wildman–Crippen LogP) is 5.48. The van der Waals surface area contributed by atoms with Crippen LogP contribution in [0.1, 0.15) is 63.3 Å². The number of benzene rings is 1. The van der Waals surface area contributed by atoms with E-state index in [9.17, 15) is 0 Å². The van der Waals surface area contributed by atoms with E-state index >= 15 is 0 Å². The van der Waals surface area contributed by atoms with Crippen LogP contribution in [0.3, 0.4) is 0 Å². The van der Waals surface area contributed by atoms with Crippen molar-refractivity contribution in [3.63, 3.8) is 0 Å². The van der Waals surface area contributed by atoms with E-state index in [0.717, 1.165) is 12.3 Å². The van der Waals surface area contributed by atoms with E-state index in [2.05, 4.69) is 60.6 Å². The SMILES string of the molecule is CCc1cc(C)c(CCC(C)(C)C(C)C)c(C)c1. The Morgan fingerprint density at radius 2 is 1.56 bits per heavy atom. The van der Waals surface area contributed by atoms with Crippen molar-refractivity contribution in [2.75, 3.05) is 0 Å². The maximum atomic E-state index is 2.39. The maximum Gasteiger partial charge on any atom is -0.0268 e. The molecule has 0 bridgehead atoms. The first-order valence-corrected chi connectivity index (χ1v) is 7.37. The Morgan fingerprint density at radius 1 is 1.06 bits per heavy atom. The Bertz CT molecular complexity index is 373. The quantitative estimate of drug-likeness (QED) is 0.645. The molecular weight excluding hydrogens is 216 g/mol. The lowest BCUT2D eigenvalue weighted by Crippen LogP contribution is -2.20. The van der Waals surface area contributed by atoms with Crippen molar-refractivity contribution < 1.29 is 0 Å². The van der Waals surface area contributed by atoms with Gasteiger partial charge >= 0.3 is 0 Å². The van der Waals surface area contributed by atoms with Crippen LogP contribution in [0.25, 0.3) is 0 Å². The lowest BCUT2D eigenvalue weighted by atomic mass is 9.76. The van der Waals surface area contributed by atoms with Gasteiger partial charge in [-0.3, -0.25) is 0 Å². The average molecular weight is 246 g/mol. The van der Waals surface area contributed by atoms with E-state index in [-0.39, 0.29) is 0 Å². The molecule has 0 atom stereocenters. The van der Waals surface area contributed by atoms with Crippen molar-refractivity contribution in [1.82, 2.24) is 0 Å². The van der Waals surface area contributed by atoms with Crippen LogP contribution < -0.4 is 0 Å². The molecule has 0 nitrogen and oxygen atoms in total. The number of rotatable bonds is 5. The molecule has 0 aromatic heterocycles. The second-order valence-corrected chi connectivity index (χ2v) is 6.71. The summed E-state index contributed by atoms with van der Waals surface area (Å²) in [4.78, 5) is 0. The van der Waals surface area contributed by atoms with Gasteiger partial charge in [-0.15, -0.1) is 0 Å². The molecule has 0 saturated carbocycles. The Hall–Kier alpha value is -0.780. The fourth-order valence-corrected chi connectivity index (χ4v) is 2.42. The molecule has 0 aliphatic carbocycles. The van der Waals surface area contributed by atoms with Gasteiger partial charge in [-0.25, -0.2) is 0 Å². The van der Waals surface area contributed by atoms with Gasteiger partial charge in [-0.1, -0.05) is 46.8 Å². The molecule has 0 heteroatoms. The second-order valence-electron chi connectivity index (χ2n) is 6.71. The summed E-state index contributed by atoms with van der Waals surface area (Å²) in [5.41, 5.74) is 6.43. The lowest BCUT2D eigenvalue weighted by Gasteiger charge is -2.30. The monoisotopic (exact) mass is 246 g/mol. The smallest absolute Gasteiger partial charge is 0.0268 e. The molecule has 0 N–H and O–H groups in total. The number of hydrogen-bond acceptors (Lipinski definition) is 0. The van der Waals surface area contributed by atoms with E-state index in [1.165, 1.54) is 29.5 Å². The third kappa shape index (κ3) is 3.60. The van der Waals surface area contributed by atoms with E-state index in [0.29, 0.717) is 5.41 Å². The van der Waals surface area contributed by atoms with Crippen molar-refractivity contribution in [2.45, 2.75) is 67.7 Å². The highest BCUT2D eigenvalue weighted by Crippen LogP contribution is 2.32. The van der Waals surface area contributed by atoms with Crippen molar-refractivity contribution in [3.05, 3.63) is 34.4 Å². The zero-order valence-electron chi connectivity index (χ0n) is 13.4. The van der Waals surface area contributed by atoms with Crippen molar-refractivity contribution in [1.29, 1.82) is 0 Å². The molecule has 0 fully saturated rings. The topological polar surface area (TPSA) is 0 Å². The summed E-state index contributed by atoms with van der Waals surface area (Å²) in [5.74, 6) is 0.744. The molecule has 0 spiro atoms. The minimum absolute atomic E-state index is 0.433. The van der Waals surface area contributed by atoms with Gasteiger partial charge in [0.25, 0.3) is 0 Å². The van der Waals surface area contributed by atoms with Crippen LogP contribution in [-0.2, 0) is 12.8 Å². The summed E-state index contributed by atoms with van der Waals surface area (Å²) >= 11 is 0. The van der Waals surface area contributed by atoms with E-state index < -0.39 is 0 Å². The highest BCUT2D eigenvalue weighted by atomic mass is 14.3. The molecule has 1 rings (SSSR count). The maximum absolute atomic E-state index is 2.39. The molecule has 102 valence electrons. The molecule has 0 amide bonds. The molecule has 1 aromatic rings. The summed E-state index contributed by atoms with van der Waals surface area (Å²) in [6.07, 6.45) is 3.63. The molecule has 0 unspecified atom stereocenters. The van der Waals surface area contributed by atoms with Crippen LogP contribution in [0.15, 0.2) is 12.1 Å². The molecule has 0 heterocycles. The number of aryl methyl sites for hydroxylation is 3. The van der Waals surface area contributed by atoms with Gasteiger partial charge in [0, 0.05) is 0 Å². The summed E-state index contributed by atoms with van der Waals surface area (Å²) < 4.78 is 0. The molecule has 0 aliphatic rings. The van der Waals surface area contributed by atoms with Crippen molar-refractivity contribution in [3.8, 4) is 0 Å². The van der Waals surface area contributed by atoms with Crippen molar-refractivity contribution in [2.24, 2.45) is 11.3 Å². The molecular formula is C18H30. The Labute approximate surface area is 114 Å². The number of hydrogen-bond donors (Lipinski definition) is 0. The largest absolute Gasteiger partial charge is 0.0623 e. The van der Waals surface area contributed by atoms with Gasteiger partial charge < -0.3 is 0 Å². The normalized spacial score (nSPS) is 12.2. The van der Waals surface area contributed by atoms with Gasteiger partial charge in [0.1, 0.15) is 0 Å². The van der Waals surface area contributed by atoms with E-state index in [4.69, 9.17) is 0 Å². The van der Waals surface area contributed by atoms with Gasteiger partial charge in [0.15, 0.2) is 0 Å². The molecule has 18 heavy (non-hydrogen) atoms. The van der Waals surface area contributed by atoms with E-state index in [1.54, 1.807) is 5.56 Å². The Kier molecular flexibility index (Phi) is 5.01. The summed E-state index contributed by atoms with van der Waals surface area (Å²) in [6, 6.07) is 4.73. The van der Waals surface area contributed by atoms with Gasteiger partial charge in [-0.05, 0) is 66.7 Å². The zero-order chi connectivity index (χ0) is 13.9. The van der Waals surface area contributed by atoms with Crippen LogP contribution in [-0.4, -0.2) is 0 Å².